The predicted octanol–water partition coefficient (Wildman–Crippen LogP) is 4.81. The number of benzene rings is 3. The van der Waals surface area contributed by atoms with Gasteiger partial charge < -0.3 is 4.74 Å². The number of sulfonamides is 1. The molecule has 0 radical (unpaired) electrons. The fraction of sp³-hybridized carbons (Fsp3) is 0.115. The number of nitro groups is 1. The molecule has 0 saturated heterocycles. The summed E-state index contributed by atoms with van der Waals surface area (Å²) in [6, 6.07) is 21.7. The Bertz CT molecular complexity index is 1780. The summed E-state index contributed by atoms with van der Waals surface area (Å²) in [6.07, 6.45) is 2.25. The highest BCUT2D eigenvalue weighted by molar-refractivity contribution is 7.99. The van der Waals surface area contributed by atoms with Gasteiger partial charge in [0.2, 0.25) is 0 Å². The van der Waals surface area contributed by atoms with Crippen molar-refractivity contribution < 1.29 is 18.1 Å². The van der Waals surface area contributed by atoms with E-state index in [2.05, 4.69) is 15.0 Å². The maximum Gasteiger partial charge on any atom is 0.269 e. The lowest BCUT2D eigenvalue weighted by molar-refractivity contribution is -0.384. The Balaban J connectivity index is 1.43. The molecule has 39 heavy (non-hydrogen) atoms. The summed E-state index contributed by atoms with van der Waals surface area (Å²) in [5.41, 5.74) is 2.04. The molecule has 3 heterocycles. The van der Waals surface area contributed by atoms with E-state index in [4.69, 9.17) is 4.74 Å². The molecule has 0 saturated carbocycles. The SMILES string of the molecule is O=[N+]([O-])c1ccc(S(=O)(=O)N2CC(n3cnc4ncnc(Sc5ccccc5)c43)OCc3ccccc32)cc1. The first kappa shape index (κ1) is 25.0. The molecule has 6 rings (SSSR count). The Morgan fingerprint density at radius 3 is 2.46 bits per heavy atom. The third kappa shape index (κ3) is 4.71. The zero-order chi connectivity index (χ0) is 27.0. The fourth-order valence-electron chi connectivity index (χ4n) is 4.36. The van der Waals surface area contributed by atoms with Crippen LogP contribution in [0.5, 0.6) is 0 Å². The quantitative estimate of drug-likeness (QED) is 0.163. The molecule has 2 aromatic heterocycles. The van der Waals surface area contributed by atoms with Crippen LogP contribution in [-0.2, 0) is 21.4 Å². The molecule has 13 heteroatoms. The van der Waals surface area contributed by atoms with Crippen LogP contribution >= 0.6 is 11.8 Å². The van der Waals surface area contributed by atoms with Gasteiger partial charge in [0.1, 0.15) is 16.9 Å². The van der Waals surface area contributed by atoms with Gasteiger partial charge in [0, 0.05) is 22.6 Å². The van der Waals surface area contributed by atoms with Crippen molar-refractivity contribution in [2.24, 2.45) is 0 Å². The molecule has 5 aromatic rings. The largest absolute Gasteiger partial charge is 0.351 e. The van der Waals surface area contributed by atoms with Crippen LogP contribution in [0.25, 0.3) is 11.2 Å². The maximum atomic E-state index is 13.9. The minimum absolute atomic E-state index is 0.0669. The smallest absolute Gasteiger partial charge is 0.269 e. The number of nitrogens with zero attached hydrogens (tertiary/aromatic N) is 6. The minimum Gasteiger partial charge on any atom is -0.351 e. The number of fused-ring (bicyclic) bond motifs is 2. The van der Waals surface area contributed by atoms with E-state index in [1.165, 1.54) is 46.7 Å². The van der Waals surface area contributed by atoms with E-state index < -0.39 is 21.2 Å². The predicted molar refractivity (Wildman–Crippen MR) is 144 cm³/mol. The highest BCUT2D eigenvalue weighted by Crippen LogP contribution is 2.37. The van der Waals surface area contributed by atoms with Gasteiger partial charge in [0.25, 0.3) is 15.7 Å². The molecule has 0 aliphatic carbocycles. The Morgan fingerprint density at radius 1 is 0.949 bits per heavy atom. The average Bonchev–Trinajstić information content (AvgIpc) is 3.29. The molecule has 0 amide bonds. The number of rotatable bonds is 6. The van der Waals surface area contributed by atoms with Crippen LogP contribution in [-0.4, -0.2) is 39.4 Å². The molecule has 0 spiro atoms. The second-order valence-corrected chi connectivity index (χ2v) is 11.5. The van der Waals surface area contributed by atoms with Crippen molar-refractivity contribution in [2.75, 3.05) is 10.8 Å². The molecule has 1 unspecified atom stereocenters. The second kappa shape index (κ2) is 10.1. The van der Waals surface area contributed by atoms with Crippen LogP contribution in [0.1, 0.15) is 11.8 Å². The van der Waals surface area contributed by atoms with E-state index in [0.717, 1.165) is 4.90 Å². The van der Waals surface area contributed by atoms with Gasteiger partial charge in [-0.15, -0.1) is 0 Å². The number of imidazole rings is 1. The topological polar surface area (TPSA) is 133 Å². The van der Waals surface area contributed by atoms with Crippen LogP contribution in [0.2, 0.25) is 0 Å². The van der Waals surface area contributed by atoms with Crippen molar-refractivity contribution in [3.8, 4) is 0 Å². The molecule has 0 N–H and O–H groups in total. The lowest BCUT2D eigenvalue weighted by Gasteiger charge is -2.27. The van der Waals surface area contributed by atoms with Gasteiger partial charge in [-0.25, -0.2) is 23.4 Å². The first-order valence-corrected chi connectivity index (χ1v) is 14.0. The summed E-state index contributed by atoms with van der Waals surface area (Å²) in [7, 11) is -4.12. The number of para-hydroxylation sites is 1. The highest BCUT2D eigenvalue weighted by atomic mass is 32.2. The number of non-ortho nitro benzene ring substituents is 1. The second-order valence-electron chi connectivity index (χ2n) is 8.60. The molecule has 3 aromatic carbocycles. The van der Waals surface area contributed by atoms with Crippen molar-refractivity contribution in [1.29, 1.82) is 0 Å². The third-order valence-electron chi connectivity index (χ3n) is 6.25. The molecule has 11 nitrogen and oxygen atoms in total. The lowest BCUT2D eigenvalue weighted by atomic mass is 10.2. The normalized spacial score (nSPS) is 15.6. The van der Waals surface area contributed by atoms with E-state index in [-0.39, 0.29) is 23.7 Å². The maximum absolute atomic E-state index is 13.9. The molecule has 196 valence electrons. The molecular weight excluding hydrogens is 540 g/mol. The standard InChI is InChI=1S/C26H20N6O5S2/c33-32(34)19-10-12-21(13-11-19)39(35,36)31-14-23(37-15-18-6-4-5-9-22(18)31)30-17-29-25-24(30)26(28-16-27-25)38-20-7-2-1-3-8-20/h1-13,16-17,23H,14-15H2. The Labute approximate surface area is 227 Å². The number of hydrogen-bond acceptors (Lipinski definition) is 9. The van der Waals surface area contributed by atoms with Gasteiger partial charge in [0.15, 0.2) is 11.9 Å². The Kier molecular flexibility index (Phi) is 6.46. The van der Waals surface area contributed by atoms with Gasteiger partial charge in [-0.1, -0.05) is 48.2 Å². The number of nitro benzene ring substituents is 1. The van der Waals surface area contributed by atoms with Crippen LogP contribution < -0.4 is 4.31 Å². The van der Waals surface area contributed by atoms with E-state index in [1.807, 2.05) is 42.5 Å². The fourth-order valence-corrected chi connectivity index (χ4v) is 6.77. The van der Waals surface area contributed by atoms with Gasteiger partial charge >= 0.3 is 0 Å². The average molecular weight is 561 g/mol. The summed E-state index contributed by atoms with van der Waals surface area (Å²) < 4.78 is 37.1. The number of ether oxygens (including phenoxy) is 1. The van der Waals surface area contributed by atoms with Gasteiger partial charge in [-0.05, 0) is 30.3 Å². The van der Waals surface area contributed by atoms with Gasteiger partial charge in [-0.3, -0.25) is 19.0 Å². The monoisotopic (exact) mass is 560 g/mol. The van der Waals surface area contributed by atoms with Crippen molar-refractivity contribution in [2.45, 2.75) is 27.7 Å². The van der Waals surface area contributed by atoms with Crippen LogP contribution in [0.15, 0.2) is 106 Å². The summed E-state index contributed by atoms with van der Waals surface area (Å²) in [4.78, 5) is 24.7. The number of anilines is 1. The number of aromatic nitrogens is 4. The van der Waals surface area contributed by atoms with Crippen molar-refractivity contribution >= 4 is 44.3 Å². The first-order chi connectivity index (χ1) is 18.9. The summed E-state index contributed by atoms with van der Waals surface area (Å²) in [5, 5.41) is 11.8. The van der Waals surface area contributed by atoms with E-state index in [1.54, 1.807) is 23.0 Å². The van der Waals surface area contributed by atoms with Crippen molar-refractivity contribution in [3.05, 3.63) is 107 Å². The Hall–Kier alpha value is -4.33. The van der Waals surface area contributed by atoms with Crippen molar-refractivity contribution in [3.63, 3.8) is 0 Å². The summed E-state index contributed by atoms with van der Waals surface area (Å²) >= 11 is 1.44. The highest BCUT2D eigenvalue weighted by Gasteiger charge is 2.34. The van der Waals surface area contributed by atoms with Gasteiger partial charge in [0.05, 0.1) is 35.0 Å². The van der Waals surface area contributed by atoms with Crippen molar-refractivity contribution in [1.82, 2.24) is 19.5 Å². The molecular formula is C26H20N6O5S2. The minimum atomic E-state index is -4.12. The summed E-state index contributed by atoms with van der Waals surface area (Å²) in [6.45, 7) is 0.0772. The number of hydrogen-bond donors (Lipinski definition) is 0. The Morgan fingerprint density at radius 2 is 1.69 bits per heavy atom. The first-order valence-electron chi connectivity index (χ1n) is 11.8. The zero-order valence-electron chi connectivity index (χ0n) is 20.2. The zero-order valence-corrected chi connectivity index (χ0v) is 21.8. The van der Waals surface area contributed by atoms with E-state index in [0.29, 0.717) is 27.4 Å². The molecule has 0 bridgehead atoms. The molecule has 1 aliphatic rings. The third-order valence-corrected chi connectivity index (χ3v) is 9.04. The van der Waals surface area contributed by atoms with Crippen LogP contribution in [0.4, 0.5) is 11.4 Å². The molecule has 0 fully saturated rings. The van der Waals surface area contributed by atoms with Crippen LogP contribution in [0.3, 0.4) is 0 Å². The summed E-state index contributed by atoms with van der Waals surface area (Å²) in [5.74, 6) is 0. The lowest BCUT2D eigenvalue weighted by Crippen LogP contribution is -2.36. The van der Waals surface area contributed by atoms with Crippen LogP contribution in [0, 0.1) is 10.1 Å². The van der Waals surface area contributed by atoms with E-state index >= 15 is 0 Å². The van der Waals surface area contributed by atoms with Gasteiger partial charge in [-0.2, -0.15) is 0 Å². The molecule has 1 aliphatic heterocycles. The van der Waals surface area contributed by atoms with E-state index in [9.17, 15) is 18.5 Å². The molecule has 1 atom stereocenters.